The SMILES string of the molecule is CC(C=NO)C(=O)NCC(CC(=O)O)c1ccc(Cl)cc1. The van der Waals surface area contributed by atoms with Gasteiger partial charge in [-0.2, -0.15) is 0 Å². The van der Waals surface area contributed by atoms with Gasteiger partial charge in [0.1, 0.15) is 0 Å². The van der Waals surface area contributed by atoms with E-state index in [9.17, 15) is 9.59 Å². The number of amides is 1. The first-order chi connectivity index (χ1) is 9.93. The third-order valence-electron chi connectivity index (χ3n) is 2.99. The van der Waals surface area contributed by atoms with Gasteiger partial charge in [-0.25, -0.2) is 0 Å². The minimum atomic E-state index is -0.950. The average Bonchev–Trinajstić information content (AvgIpc) is 2.44. The molecule has 0 saturated heterocycles. The van der Waals surface area contributed by atoms with Crippen LogP contribution in [0.2, 0.25) is 5.02 Å². The molecule has 0 spiro atoms. The van der Waals surface area contributed by atoms with Crippen molar-refractivity contribution in [2.24, 2.45) is 11.1 Å². The normalized spacial score (nSPS) is 13.8. The molecule has 3 N–H and O–H groups in total. The zero-order chi connectivity index (χ0) is 15.8. The van der Waals surface area contributed by atoms with Crippen LogP contribution >= 0.6 is 11.6 Å². The Labute approximate surface area is 127 Å². The first-order valence-corrected chi connectivity index (χ1v) is 6.74. The summed E-state index contributed by atoms with van der Waals surface area (Å²) in [6, 6.07) is 6.82. The van der Waals surface area contributed by atoms with E-state index in [0.717, 1.165) is 11.8 Å². The van der Waals surface area contributed by atoms with Crippen molar-refractivity contribution in [1.29, 1.82) is 0 Å². The number of carboxylic acid groups (broad SMARTS) is 1. The van der Waals surface area contributed by atoms with Crippen LogP contribution in [-0.2, 0) is 9.59 Å². The third-order valence-corrected chi connectivity index (χ3v) is 3.24. The highest BCUT2D eigenvalue weighted by molar-refractivity contribution is 6.30. The molecule has 0 aliphatic carbocycles. The highest BCUT2D eigenvalue weighted by atomic mass is 35.5. The molecule has 1 aromatic carbocycles. The maximum absolute atomic E-state index is 11.7. The topological polar surface area (TPSA) is 99.0 Å². The molecule has 2 unspecified atom stereocenters. The van der Waals surface area contributed by atoms with Gasteiger partial charge in [0.05, 0.1) is 18.6 Å². The molecule has 7 heteroatoms. The van der Waals surface area contributed by atoms with Gasteiger partial charge in [-0.3, -0.25) is 9.59 Å². The number of hydrogen-bond acceptors (Lipinski definition) is 4. The van der Waals surface area contributed by atoms with E-state index in [-0.39, 0.29) is 24.8 Å². The molecule has 0 fully saturated rings. The Balaban J connectivity index is 2.73. The van der Waals surface area contributed by atoms with E-state index >= 15 is 0 Å². The van der Waals surface area contributed by atoms with Crippen LogP contribution in [0.5, 0.6) is 0 Å². The van der Waals surface area contributed by atoms with E-state index in [1.54, 1.807) is 31.2 Å². The molecule has 1 rings (SSSR count). The van der Waals surface area contributed by atoms with Crippen LogP contribution in [0.4, 0.5) is 0 Å². The number of benzene rings is 1. The van der Waals surface area contributed by atoms with Gasteiger partial charge in [0.2, 0.25) is 5.91 Å². The second-order valence-corrected chi connectivity index (χ2v) is 5.08. The lowest BCUT2D eigenvalue weighted by Crippen LogP contribution is -2.34. The van der Waals surface area contributed by atoms with Crippen molar-refractivity contribution < 1.29 is 19.9 Å². The van der Waals surface area contributed by atoms with Crippen molar-refractivity contribution >= 4 is 29.7 Å². The van der Waals surface area contributed by atoms with Crippen molar-refractivity contribution in [2.45, 2.75) is 19.3 Å². The molecule has 0 saturated carbocycles. The van der Waals surface area contributed by atoms with Gasteiger partial charge >= 0.3 is 5.97 Å². The second kappa shape index (κ2) is 8.26. The van der Waals surface area contributed by atoms with Crippen LogP contribution in [0.1, 0.15) is 24.8 Å². The summed E-state index contributed by atoms with van der Waals surface area (Å²) in [4.78, 5) is 22.7. The van der Waals surface area contributed by atoms with Crippen LogP contribution < -0.4 is 5.32 Å². The molecule has 0 aliphatic rings. The van der Waals surface area contributed by atoms with E-state index < -0.39 is 11.9 Å². The van der Waals surface area contributed by atoms with Crippen LogP contribution in [0, 0.1) is 5.92 Å². The number of carboxylic acids is 1. The Morgan fingerprint density at radius 1 is 1.38 bits per heavy atom. The molecular formula is C14H17ClN2O4. The van der Waals surface area contributed by atoms with Crippen molar-refractivity contribution in [1.82, 2.24) is 5.32 Å². The molecule has 1 aromatic rings. The maximum atomic E-state index is 11.7. The lowest BCUT2D eigenvalue weighted by Gasteiger charge is -2.17. The number of nitrogens with one attached hydrogen (secondary N) is 1. The molecule has 114 valence electrons. The van der Waals surface area contributed by atoms with E-state index in [4.69, 9.17) is 21.9 Å². The minimum Gasteiger partial charge on any atom is -0.481 e. The van der Waals surface area contributed by atoms with Crippen LogP contribution in [0.15, 0.2) is 29.4 Å². The molecule has 21 heavy (non-hydrogen) atoms. The molecule has 0 aromatic heterocycles. The molecular weight excluding hydrogens is 296 g/mol. The number of halogens is 1. The number of hydrogen-bond donors (Lipinski definition) is 3. The average molecular weight is 313 g/mol. The monoisotopic (exact) mass is 312 g/mol. The molecule has 2 atom stereocenters. The smallest absolute Gasteiger partial charge is 0.304 e. The quantitative estimate of drug-likeness (QED) is 0.408. The summed E-state index contributed by atoms with van der Waals surface area (Å²) in [5.74, 6) is -2.24. The van der Waals surface area contributed by atoms with Crippen molar-refractivity contribution in [3.63, 3.8) is 0 Å². The number of carbonyl (C=O) groups is 2. The fourth-order valence-corrected chi connectivity index (χ4v) is 1.93. The lowest BCUT2D eigenvalue weighted by atomic mass is 9.95. The predicted octanol–water partition coefficient (Wildman–Crippen LogP) is 2.11. The Morgan fingerprint density at radius 2 is 2.00 bits per heavy atom. The second-order valence-electron chi connectivity index (χ2n) is 4.64. The summed E-state index contributed by atoms with van der Waals surface area (Å²) in [7, 11) is 0. The molecule has 6 nitrogen and oxygen atoms in total. The van der Waals surface area contributed by atoms with Gasteiger partial charge in [0.25, 0.3) is 0 Å². The highest BCUT2D eigenvalue weighted by Gasteiger charge is 2.18. The summed E-state index contributed by atoms with van der Waals surface area (Å²) in [5.41, 5.74) is 0.783. The molecule has 1 amide bonds. The minimum absolute atomic E-state index is 0.107. The Kier molecular flexibility index (Phi) is 6.68. The van der Waals surface area contributed by atoms with Crippen LogP contribution in [0.25, 0.3) is 0 Å². The summed E-state index contributed by atoms with van der Waals surface area (Å²) in [6.45, 7) is 1.75. The number of rotatable bonds is 7. The van der Waals surface area contributed by atoms with Gasteiger partial charge < -0.3 is 15.6 Å². The van der Waals surface area contributed by atoms with Crippen LogP contribution in [0.3, 0.4) is 0 Å². The standard InChI is InChI=1S/C14H17ClN2O4/c1-9(7-17-21)14(20)16-8-11(6-13(18)19)10-2-4-12(15)5-3-10/h2-5,7,9,11,21H,6,8H2,1H3,(H,16,20)(H,18,19). The Morgan fingerprint density at radius 3 is 2.52 bits per heavy atom. The molecule has 0 radical (unpaired) electrons. The fraction of sp³-hybridized carbons (Fsp3) is 0.357. The fourth-order valence-electron chi connectivity index (χ4n) is 1.81. The van der Waals surface area contributed by atoms with Crippen molar-refractivity contribution in [3.8, 4) is 0 Å². The summed E-state index contributed by atoms with van der Waals surface area (Å²) >= 11 is 5.80. The van der Waals surface area contributed by atoms with E-state index in [1.807, 2.05) is 0 Å². The summed E-state index contributed by atoms with van der Waals surface area (Å²) < 4.78 is 0. The Hall–Kier alpha value is -2.08. The zero-order valence-corrected chi connectivity index (χ0v) is 12.2. The van der Waals surface area contributed by atoms with E-state index in [1.165, 1.54) is 0 Å². The first-order valence-electron chi connectivity index (χ1n) is 6.36. The predicted molar refractivity (Wildman–Crippen MR) is 78.9 cm³/mol. The lowest BCUT2D eigenvalue weighted by molar-refractivity contribution is -0.137. The van der Waals surface area contributed by atoms with Gasteiger partial charge in [0.15, 0.2) is 0 Å². The number of carbonyl (C=O) groups excluding carboxylic acids is 1. The van der Waals surface area contributed by atoms with Crippen molar-refractivity contribution in [3.05, 3.63) is 34.9 Å². The van der Waals surface area contributed by atoms with Crippen molar-refractivity contribution in [2.75, 3.05) is 6.54 Å². The zero-order valence-electron chi connectivity index (χ0n) is 11.5. The van der Waals surface area contributed by atoms with Gasteiger partial charge in [-0.1, -0.05) is 23.7 Å². The summed E-state index contributed by atoms with van der Waals surface area (Å²) in [5, 5.41) is 23.4. The maximum Gasteiger partial charge on any atom is 0.304 e. The van der Waals surface area contributed by atoms with Gasteiger partial charge in [0, 0.05) is 17.5 Å². The first kappa shape index (κ1) is 17.0. The third kappa shape index (κ3) is 5.83. The van der Waals surface area contributed by atoms with Gasteiger partial charge in [-0.05, 0) is 24.6 Å². The van der Waals surface area contributed by atoms with E-state index in [2.05, 4.69) is 10.5 Å². The Bertz CT molecular complexity index is 516. The summed E-state index contributed by atoms with van der Waals surface area (Å²) in [6.07, 6.45) is 0.994. The van der Waals surface area contributed by atoms with Crippen LogP contribution in [-0.4, -0.2) is 34.9 Å². The molecule has 0 heterocycles. The van der Waals surface area contributed by atoms with E-state index in [0.29, 0.717) is 5.02 Å². The highest BCUT2D eigenvalue weighted by Crippen LogP contribution is 2.21. The molecule has 0 bridgehead atoms. The number of oxime groups is 1. The van der Waals surface area contributed by atoms with Gasteiger partial charge in [-0.15, -0.1) is 5.16 Å². The largest absolute Gasteiger partial charge is 0.481 e. The molecule has 0 aliphatic heterocycles. The number of nitrogens with zero attached hydrogens (tertiary/aromatic N) is 1. The number of aliphatic carboxylic acids is 1.